The maximum atomic E-state index is 8.78. The molecule has 0 fully saturated rings. The molecule has 0 radical (unpaired) electrons. The second-order valence-electron chi connectivity index (χ2n) is 5.91. The summed E-state index contributed by atoms with van der Waals surface area (Å²) in [7, 11) is 0. The van der Waals surface area contributed by atoms with Crippen LogP contribution in [0.1, 0.15) is 42.5 Å². The Morgan fingerprint density at radius 1 is 1.16 bits per heavy atom. The first-order valence-electron chi connectivity index (χ1n) is 7.10. The molecule has 0 aromatic heterocycles. The molecule has 2 heteroatoms. The van der Waals surface area contributed by atoms with Crippen molar-refractivity contribution in [3.63, 3.8) is 0 Å². The second-order valence-corrected chi connectivity index (χ2v) is 5.91. The molecule has 0 saturated carbocycles. The molecule has 2 nitrogen and oxygen atoms in total. The van der Waals surface area contributed by atoms with Crippen molar-refractivity contribution in [2.75, 3.05) is 13.1 Å². The van der Waals surface area contributed by atoms with Gasteiger partial charge in [-0.05, 0) is 43.4 Å². The highest BCUT2D eigenvalue weighted by molar-refractivity contribution is 5.37. The Balaban J connectivity index is 2.86. The van der Waals surface area contributed by atoms with E-state index >= 15 is 0 Å². The third kappa shape index (κ3) is 5.04. The van der Waals surface area contributed by atoms with Crippen LogP contribution in [0.5, 0.6) is 0 Å². The summed E-state index contributed by atoms with van der Waals surface area (Å²) in [6.07, 6.45) is 0.608. The molecule has 1 aromatic carbocycles. The highest BCUT2D eigenvalue weighted by Gasteiger charge is 2.11. The van der Waals surface area contributed by atoms with E-state index in [1.165, 1.54) is 22.3 Å². The van der Waals surface area contributed by atoms with Crippen LogP contribution in [0.3, 0.4) is 0 Å². The summed E-state index contributed by atoms with van der Waals surface area (Å²) < 4.78 is 0. The van der Waals surface area contributed by atoms with Gasteiger partial charge in [0.15, 0.2) is 0 Å². The predicted molar refractivity (Wildman–Crippen MR) is 81.0 cm³/mol. The second kappa shape index (κ2) is 7.31. The number of rotatable bonds is 6. The number of hydrogen-bond acceptors (Lipinski definition) is 2. The predicted octanol–water partition coefficient (Wildman–Crippen LogP) is 3.98. The van der Waals surface area contributed by atoms with Gasteiger partial charge in [0.2, 0.25) is 0 Å². The molecule has 0 aliphatic heterocycles. The van der Waals surface area contributed by atoms with Gasteiger partial charge in [-0.3, -0.25) is 4.90 Å². The summed E-state index contributed by atoms with van der Waals surface area (Å²) in [5, 5.41) is 8.78. The first-order valence-corrected chi connectivity index (χ1v) is 7.10. The van der Waals surface area contributed by atoms with Crippen LogP contribution in [0.15, 0.2) is 12.1 Å². The number of benzene rings is 1. The molecular weight excluding hydrogens is 232 g/mol. The normalized spacial score (nSPS) is 11.1. The zero-order valence-electron chi connectivity index (χ0n) is 13.0. The lowest BCUT2D eigenvalue weighted by Crippen LogP contribution is -2.29. The molecular formula is C17H26N2. The standard InChI is InChI=1S/C17H26N2/c1-13(2)11-19(8-6-7-18)12-17-15(4)9-14(3)10-16(17)5/h9-10,13H,6,8,11-12H2,1-5H3. The van der Waals surface area contributed by atoms with E-state index in [1.54, 1.807) is 0 Å². The third-order valence-electron chi connectivity index (χ3n) is 3.39. The average molecular weight is 258 g/mol. The van der Waals surface area contributed by atoms with Crippen LogP contribution in [-0.4, -0.2) is 18.0 Å². The van der Waals surface area contributed by atoms with Crippen molar-refractivity contribution in [1.82, 2.24) is 4.90 Å². The van der Waals surface area contributed by atoms with Gasteiger partial charge in [-0.15, -0.1) is 0 Å². The van der Waals surface area contributed by atoms with Crippen LogP contribution in [0.4, 0.5) is 0 Å². The minimum atomic E-state index is 0.608. The largest absolute Gasteiger partial charge is 0.298 e. The number of nitrogens with zero attached hydrogens (tertiary/aromatic N) is 2. The number of nitriles is 1. The smallest absolute Gasteiger partial charge is 0.0635 e. The lowest BCUT2D eigenvalue weighted by atomic mass is 9.99. The topological polar surface area (TPSA) is 27.0 Å². The summed E-state index contributed by atoms with van der Waals surface area (Å²) in [4.78, 5) is 2.40. The van der Waals surface area contributed by atoms with Gasteiger partial charge in [-0.1, -0.05) is 31.5 Å². The molecule has 0 aliphatic rings. The molecule has 0 unspecified atom stereocenters. The maximum Gasteiger partial charge on any atom is 0.0635 e. The van der Waals surface area contributed by atoms with Crippen molar-refractivity contribution in [2.45, 2.75) is 47.6 Å². The monoisotopic (exact) mass is 258 g/mol. The van der Waals surface area contributed by atoms with Gasteiger partial charge in [0.05, 0.1) is 6.07 Å². The summed E-state index contributed by atoms with van der Waals surface area (Å²) in [5.74, 6) is 0.629. The molecule has 104 valence electrons. The minimum Gasteiger partial charge on any atom is -0.298 e. The van der Waals surface area contributed by atoms with Crippen molar-refractivity contribution < 1.29 is 0 Å². The van der Waals surface area contributed by atoms with Crippen LogP contribution >= 0.6 is 0 Å². The fourth-order valence-electron chi connectivity index (χ4n) is 2.64. The van der Waals surface area contributed by atoms with E-state index < -0.39 is 0 Å². The highest BCUT2D eigenvalue weighted by Crippen LogP contribution is 2.19. The molecule has 1 rings (SSSR count). The van der Waals surface area contributed by atoms with Crippen molar-refractivity contribution in [3.8, 4) is 6.07 Å². The van der Waals surface area contributed by atoms with Gasteiger partial charge >= 0.3 is 0 Å². The van der Waals surface area contributed by atoms with E-state index in [9.17, 15) is 0 Å². The molecule has 19 heavy (non-hydrogen) atoms. The number of hydrogen-bond donors (Lipinski definition) is 0. The summed E-state index contributed by atoms with van der Waals surface area (Å²) in [5.41, 5.74) is 5.47. The molecule has 0 saturated heterocycles. The SMILES string of the molecule is Cc1cc(C)c(CN(CCC#N)CC(C)C)c(C)c1. The maximum absolute atomic E-state index is 8.78. The van der Waals surface area contributed by atoms with E-state index in [0.717, 1.165) is 19.6 Å². The van der Waals surface area contributed by atoms with Crippen LogP contribution in [0, 0.1) is 38.0 Å². The average Bonchev–Trinajstić information content (AvgIpc) is 2.29. The lowest BCUT2D eigenvalue weighted by molar-refractivity contribution is 0.240. The molecule has 0 bridgehead atoms. The molecule has 0 atom stereocenters. The Kier molecular flexibility index (Phi) is 6.05. The van der Waals surface area contributed by atoms with Crippen molar-refractivity contribution in [2.24, 2.45) is 5.92 Å². The molecule has 0 heterocycles. The molecule has 1 aromatic rings. The Labute approximate surface area is 118 Å². The van der Waals surface area contributed by atoms with Gasteiger partial charge in [-0.2, -0.15) is 5.26 Å². The lowest BCUT2D eigenvalue weighted by Gasteiger charge is -2.25. The number of aryl methyl sites for hydroxylation is 3. The quantitative estimate of drug-likeness (QED) is 0.771. The Bertz CT molecular complexity index is 432. The van der Waals surface area contributed by atoms with Crippen LogP contribution in [-0.2, 0) is 6.54 Å². The molecule has 0 aliphatic carbocycles. The van der Waals surface area contributed by atoms with E-state index in [2.05, 4.69) is 57.7 Å². The Morgan fingerprint density at radius 3 is 2.21 bits per heavy atom. The van der Waals surface area contributed by atoms with Gasteiger partial charge in [0, 0.05) is 26.1 Å². The molecule has 0 amide bonds. The first kappa shape index (κ1) is 15.7. The zero-order chi connectivity index (χ0) is 14.4. The summed E-state index contributed by atoms with van der Waals surface area (Å²) in [6.45, 7) is 13.8. The van der Waals surface area contributed by atoms with Crippen molar-refractivity contribution >= 4 is 0 Å². The van der Waals surface area contributed by atoms with Crippen molar-refractivity contribution in [3.05, 3.63) is 34.4 Å². The van der Waals surface area contributed by atoms with E-state index in [-0.39, 0.29) is 0 Å². The highest BCUT2D eigenvalue weighted by atomic mass is 15.1. The third-order valence-corrected chi connectivity index (χ3v) is 3.39. The minimum absolute atomic E-state index is 0.608. The summed E-state index contributed by atoms with van der Waals surface area (Å²) >= 11 is 0. The van der Waals surface area contributed by atoms with E-state index in [0.29, 0.717) is 12.3 Å². The Hall–Kier alpha value is -1.33. The fourth-order valence-corrected chi connectivity index (χ4v) is 2.64. The van der Waals surface area contributed by atoms with E-state index in [4.69, 9.17) is 5.26 Å². The summed E-state index contributed by atoms with van der Waals surface area (Å²) in [6, 6.07) is 6.75. The zero-order valence-corrected chi connectivity index (χ0v) is 13.0. The van der Waals surface area contributed by atoms with Crippen LogP contribution < -0.4 is 0 Å². The first-order chi connectivity index (χ1) is 8.93. The molecule has 0 spiro atoms. The van der Waals surface area contributed by atoms with E-state index in [1.807, 2.05) is 0 Å². The van der Waals surface area contributed by atoms with Gasteiger partial charge in [0.1, 0.15) is 0 Å². The van der Waals surface area contributed by atoms with Crippen LogP contribution in [0.2, 0.25) is 0 Å². The van der Waals surface area contributed by atoms with Gasteiger partial charge in [0.25, 0.3) is 0 Å². The fraction of sp³-hybridized carbons (Fsp3) is 0.588. The van der Waals surface area contributed by atoms with Gasteiger partial charge < -0.3 is 0 Å². The van der Waals surface area contributed by atoms with Gasteiger partial charge in [-0.25, -0.2) is 0 Å². The van der Waals surface area contributed by atoms with Crippen molar-refractivity contribution in [1.29, 1.82) is 5.26 Å². The Morgan fingerprint density at radius 2 is 1.74 bits per heavy atom. The molecule has 0 N–H and O–H groups in total. The van der Waals surface area contributed by atoms with Crippen LogP contribution in [0.25, 0.3) is 0 Å².